The molecule has 1 heterocycles. The molecule has 1 amide bonds. The van der Waals surface area contributed by atoms with E-state index in [2.05, 4.69) is 0 Å². The van der Waals surface area contributed by atoms with Crippen LogP contribution in [0.1, 0.15) is 5.56 Å². The number of hydrogen-bond acceptors (Lipinski definition) is 4. The molecule has 1 aliphatic rings. The quantitative estimate of drug-likeness (QED) is 0.720. The molecule has 148 valence electrons. The van der Waals surface area contributed by atoms with Gasteiger partial charge in [-0.1, -0.05) is 41.9 Å². The van der Waals surface area contributed by atoms with Gasteiger partial charge in [0.15, 0.2) is 6.61 Å². The Morgan fingerprint density at radius 3 is 2.29 bits per heavy atom. The van der Waals surface area contributed by atoms with Gasteiger partial charge >= 0.3 is 0 Å². The number of rotatable bonds is 6. The maximum absolute atomic E-state index is 12.5. The average molecular weight is 421 g/mol. The highest BCUT2D eigenvalue weighted by Crippen LogP contribution is 2.16. The summed E-state index contributed by atoms with van der Waals surface area (Å²) in [6, 6.07) is 16.0. The number of benzene rings is 2. The topological polar surface area (TPSA) is 66.9 Å². The zero-order chi connectivity index (χ0) is 20.0. The van der Waals surface area contributed by atoms with E-state index in [1.165, 1.54) is 9.71 Å². The maximum Gasteiger partial charge on any atom is 0.260 e. The molecule has 28 heavy (non-hydrogen) atoms. The highest BCUT2D eigenvalue weighted by molar-refractivity contribution is 7.92. The molecule has 6 nitrogen and oxygen atoms in total. The normalized spacial score (nSPS) is 15.7. The van der Waals surface area contributed by atoms with E-state index in [0.717, 1.165) is 5.56 Å². The Hall–Kier alpha value is -2.35. The highest BCUT2D eigenvalue weighted by Gasteiger charge is 2.27. The van der Waals surface area contributed by atoms with E-state index in [1.807, 2.05) is 30.3 Å². The van der Waals surface area contributed by atoms with Gasteiger partial charge in [0.25, 0.3) is 5.91 Å². The number of hydrogen-bond donors (Lipinski definition) is 0. The fourth-order valence-electron chi connectivity index (χ4n) is 2.77. The lowest BCUT2D eigenvalue weighted by atomic mass is 10.2. The number of carbonyl (C=O) groups excluding carboxylic acids is 1. The van der Waals surface area contributed by atoms with Crippen LogP contribution in [0, 0.1) is 0 Å². The first-order chi connectivity index (χ1) is 13.4. The minimum atomic E-state index is -3.52. The van der Waals surface area contributed by atoms with Crippen molar-refractivity contribution in [1.82, 2.24) is 9.21 Å². The van der Waals surface area contributed by atoms with Gasteiger partial charge in [-0.3, -0.25) is 4.79 Å². The largest absolute Gasteiger partial charge is 0.484 e. The summed E-state index contributed by atoms with van der Waals surface area (Å²) in [4.78, 5) is 13.9. The smallest absolute Gasteiger partial charge is 0.260 e. The van der Waals surface area contributed by atoms with Crippen LogP contribution in [0.15, 0.2) is 60.0 Å². The van der Waals surface area contributed by atoms with Crippen molar-refractivity contribution in [3.8, 4) is 5.75 Å². The second kappa shape index (κ2) is 9.23. The van der Waals surface area contributed by atoms with Crippen LogP contribution in [0.5, 0.6) is 5.75 Å². The van der Waals surface area contributed by atoms with Gasteiger partial charge in [0.1, 0.15) is 5.75 Å². The van der Waals surface area contributed by atoms with E-state index in [1.54, 1.807) is 35.2 Å². The van der Waals surface area contributed by atoms with Gasteiger partial charge in [-0.15, -0.1) is 0 Å². The molecule has 0 aliphatic carbocycles. The van der Waals surface area contributed by atoms with E-state index in [0.29, 0.717) is 23.9 Å². The standard InChI is InChI=1S/C20H21ClN2O4S/c21-18-6-8-19(9-7-18)27-16-20(24)22-11-13-23(14-12-22)28(25,26)15-10-17-4-2-1-3-5-17/h1-10,15H,11-14,16H2/b15-10+. The molecule has 0 aromatic heterocycles. The molecule has 0 bridgehead atoms. The first-order valence-electron chi connectivity index (χ1n) is 8.83. The minimum absolute atomic E-state index is 0.0949. The van der Waals surface area contributed by atoms with Crippen LogP contribution in [0.4, 0.5) is 0 Å². The molecule has 0 unspecified atom stereocenters. The van der Waals surface area contributed by atoms with Gasteiger partial charge in [0, 0.05) is 36.6 Å². The summed E-state index contributed by atoms with van der Waals surface area (Å²) in [6.45, 7) is 1.09. The highest BCUT2D eigenvalue weighted by atomic mass is 35.5. The molecule has 0 N–H and O–H groups in total. The number of amides is 1. The zero-order valence-electron chi connectivity index (χ0n) is 15.2. The zero-order valence-corrected chi connectivity index (χ0v) is 16.8. The molecule has 1 aliphatic heterocycles. The van der Waals surface area contributed by atoms with Crippen molar-refractivity contribution in [2.45, 2.75) is 0 Å². The van der Waals surface area contributed by atoms with Crippen LogP contribution < -0.4 is 4.74 Å². The van der Waals surface area contributed by atoms with Gasteiger partial charge in [-0.05, 0) is 35.9 Å². The molecule has 0 atom stereocenters. The lowest BCUT2D eigenvalue weighted by Crippen LogP contribution is -2.51. The molecule has 2 aromatic rings. The fourth-order valence-corrected chi connectivity index (χ4v) is 4.07. The summed E-state index contributed by atoms with van der Waals surface area (Å²) in [7, 11) is -3.52. The Kier molecular flexibility index (Phi) is 6.72. The van der Waals surface area contributed by atoms with E-state index in [-0.39, 0.29) is 25.6 Å². The SMILES string of the molecule is O=C(COc1ccc(Cl)cc1)N1CCN(S(=O)(=O)/C=C/c2ccccc2)CC1. The average Bonchev–Trinajstić information content (AvgIpc) is 2.72. The van der Waals surface area contributed by atoms with Crippen molar-refractivity contribution < 1.29 is 17.9 Å². The number of ether oxygens (including phenoxy) is 1. The number of halogens is 1. The first kappa shape index (κ1) is 20.4. The van der Waals surface area contributed by atoms with E-state index < -0.39 is 10.0 Å². The number of carbonyl (C=O) groups is 1. The maximum atomic E-state index is 12.5. The first-order valence-corrected chi connectivity index (χ1v) is 10.7. The van der Waals surface area contributed by atoms with Crippen LogP contribution in [0.3, 0.4) is 0 Å². The molecule has 0 saturated carbocycles. The van der Waals surface area contributed by atoms with Crippen molar-refractivity contribution in [2.75, 3.05) is 32.8 Å². The number of sulfonamides is 1. The molecule has 0 radical (unpaired) electrons. The van der Waals surface area contributed by atoms with Crippen molar-refractivity contribution in [1.29, 1.82) is 0 Å². The van der Waals surface area contributed by atoms with Gasteiger partial charge in [-0.25, -0.2) is 8.42 Å². The van der Waals surface area contributed by atoms with Crippen molar-refractivity contribution in [3.63, 3.8) is 0 Å². The van der Waals surface area contributed by atoms with E-state index in [9.17, 15) is 13.2 Å². The molecular weight excluding hydrogens is 400 g/mol. The lowest BCUT2D eigenvalue weighted by Gasteiger charge is -2.33. The summed E-state index contributed by atoms with van der Waals surface area (Å²) in [5.74, 6) is 0.386. The van der Waals surface area contributed by atoms with Crippen molar-refractivity contribution in [3.05, 3.63) is 70.6 Å². The fraction of sp³-hybridized carbons (Fsp3) is 0.250. The van der Waals surface area contributed by atoms with Gasteiger partial charge in [0.05, 0.1) is 0 Å². The summed E-state index contributed by atoms with van der Waals surface area (Å²) >= 11 is 5.81. The predicted molar refractivity (Wildman–Crippen MR) is 109 cm³/mol. The summed E-state index contributed by atoms with van der Waals surface area (Å²) in [5, 5.41) is 1.81. The Morgan fingerprint density at radius 2 is 1.64 bits per heavy atom. The third-order valence-electron chi connectivity index (χ3n) is 4.36. The van der Waals surface area contributed by atoms with Crippen LogP contribution >= 0.6 is 11.6 Å². The second-order valence-corrected chi connectivity index (χ2v) is 8.54. The van der Waals surface area contributed by atoms with Gasteiger partial charge in [-0.2, -0.15) is 4.31 Å². The Labute approximate surface area is 170 Å². The lowest BCUT2D eigenvalue weighted by molar-refractivity contribution is -0.134. The van der Waals surface area contributed by atoms with Gasteiger partial charge in [0.2, 0.25) is 10.0 Å². The Balaban J connectivity index is 1.49. The summed E-state index contributed by atoms with van der Waals surface area (Å²) < 4.78 is 31.8. The third kappa shape index (κ3) is 5.58. The van der Waals surface area contributed by atoms with Gasteiger partial charge < -0.3 is 9.64 Å². The number of nitrogens with zero attached hydrogens (tertiary/aromatic N) is 2. The van der Waals surface area contributed by atoms with E-state index in [4.69, 9.17) is 16.3 Å². The van der Waals surface area contributed by atoms with Crippen LogP contribution in [-0.2, 0) is 14.8 Å². The van der Waals surface area contributed by atoms with Crippen molar-refractivity contribution >= 4 is 33.6 Å². The molecule has 2 aromatic carbocycles. The molecule has 0 spiro atoms. The summed E-state index contributed by atoms with van der Waals surface area (Å²) in [6.07, 6.45) is 1.58. The molecule has 1 fully saturated rings. The Bertz CT molecular complexity index is 922. The molecule has 3 rings (SSSR count). The second-order valence-electron chi connectivity index (χ2n) is 6.28. The van der Waals surface area contributed by atoms with Crippen molar-refractivity contribution in [2.24, 2.45) is 0 Å². The molecule has 8 heteroatoms. The van der Waals surface area contributed by atoms with Crippen LogP contribution in [0.25, 0.3) is 6.08 Å². The van der Waals surface area contributed by atoms with Crippen LogP contribution in [0.2, 0.25) is 5.02 Å². The summed E-state index contributed by atoms with van der Waals surface area (Å²) in [5.41, 5.74) is 0.819. The monoisotopic (exact) mass is 420 g/mol. The molecular formula is C20H21ClN2O4S. The predicted octanol–water partition coefficient (Wildman–Crippen LogP) is 2.86. The third-order valence-corrected chi connectivity index (χ3v) is 6.18. The van der Waals surface area contributed by atoms with E-state index >= 15 is 0 Å². The minimum Gasteiger partial charge on any atom is -0.484 e. The molecule has 1 saturated heterocycles. The number of piperazine rings is 1. The van der Waals surface area contributed by atoms with Crippen LogP contribution in [-0.4, -0.2) is 56.3 Å². The Morgan fingerprint density at radius 1 is 1.00 bits per heavy atom.